The molecule has 1 heterocycles. The number of rotatable bonds is 2. The molecule has 110 valence electrons. The zero-order valence-electron chi connectivity index (χ0n) is 10.8. The van der Waals surface area contributed by atoms with E-state index < -0.39 is 10.2 Å². The molecule has 6 nitrogen and oxygen atoms in total. The molecule has 20 heavy (non-hydrogen) atoms. The molecule has 8 heteroatoms. The van der Waals surface area contributed by atoms with Crippen LogP contribution >= 0.6 is 11.6 Å². The van der Waals surface area contributed by atoms with Gasteiger partial charge in [-0.25, -0.2) is 5.14 Å². The van der Waals surface area contributed by atoms with Crippen molar-refractivity contribution >= 4 is 27.7 Å². The van der Waals surface area contributed by atoms with E-state index in [1.807, 2.05) is 0 Å². The summed E-state index contributed by atoms with van der Waals surface area (Å²) in [5.74, 6) is -0.127. The SMILES string of the molecule is NS(=O)(=O)N1CCCN(C(=O)c2ccc(Cl)cc2)CC1. The minimum Gasteiger partial charge on any atom is -0.337 e. The van der Waals surface area contributed by atoms with Crippen LogP contribution in [0.15, 0.2) is 24.3 Å². The van der Waals surface area contributed by atoms with Gasteiger partial charge in [-0.05, 0) is 30.7 Å². The summed E-state index contributed by atoms with van der Waals surface area (Å²) >= 11 is 5.79. The average molecular weight is 318 g/mol. The Morgan fingerprint density at radius 2 is 1.75 bits per heavy atom. The summed E-state index contributed by atoms with van der Waals surface area (Å²) in [6.45, 7) is 1.40. The third-order valence-electron chi connectivity index (χ3n) is 3.19. The molecule has 0 spiro atoms. The summed E-state index contributed by atoms with van der Waals surface area (Å²) < 4.78 is 23.8. The van der Waals surface area contributed by atoms with E-state index in [9.17, 15) is 13.2 Å². The molecule has 2 N–H and O–H groups in total. The zero-order valence-corrected chi connectivity index (χ0v) is 12.4. The molecule has 1 aromatic rings. The number of hydrogen-bond donors (Lipinski definition) is 1. The van der Waals surface area contributed by atoms with Crippen molar-refractivity contribution in [3.05, 3.63) is 34.9 Å². The highest BCUT2D eigenvalue weighted by Crippen LogP contribution is 2.13. The molecule has 1 fully saturated rings. The van der Waals surface area contributed by atoms with Crippen LogP contribution < -0.4 is 5.14 Å². The number of amides is 1. The minimum atomic E-state index is -3.69. The van der Waals surface area contributed by atoms with Gasteiger partial charge in [-0.2, -0.15) is 12.7 Å². The van der Waals surface area contributed by atoms with E-state index in [4.69, 9.17) is 16.7 Å². The topological polar surface area (TPSA) is 83.7 Å². The van der Waals surface area contributed by atoms with E-state index in [-0.39, 0.29) is 12.5 Å². The Kier molecular flexibility index (Phi) is 4.64. The quantitative estimate of drug-likeness (QED) is 0.871. The first kappa shape index (κ1) is 15.2. The van der Waals surface area contributed by atoms with Crippen LogP contribution in [-0.2, 0) is 10.2 Å². The molecule has 1 amide bonds. The fourth-order valence-corrected chi connectivity index (χ4v) is 2.97. The van der Waals surface area contributed by atoms with Crippen LogP contribution in [0.3, 0.4) is 0 Å². The van der Waals surface area contributed by atoms with Crippen molar-refractivity contribution in [2.75, 3.05) is 26.2 Å². The van der Waals surface area contributed by atoms with E-state index >= 15 is 0 Å². The monoisotopic (exact) mass is 317 g/mol. The van der Waals surface area contributed by atoms with Gasteiger partial charge in [0.15, 0.2) is 0 Å². The Morgan fingerprint density at radius 1 is 1.10 bits per heavy atom. The normalized spacial score (nSPS) is 17.8. The van der Waals surface area contributed by atoms with Crippen LogP contribution in [-0.4, -0.2) is 49.7 Å². The number of nitrogens with two attached hydrogens (primary N) is 1. The summed E-state index contributed by atoms with van der Waals surface area (Å²) in [5, 5.41) is 5.68. The molecule has 1 saturated heterocycles. The molecule has 0 radical (unpaired) electrons. The molecule has 0 aliphatic carbocycles. The number of halogens is 1. The molecule has 0 aromatic heterocycles. The van der Waals surface area contributed by atoms with Crippen LogP contribution in [0.4, 0.5) is 0 Å². The van der Waals surface area contributed by atoms with Gasteiger partial charge in [0.1, 0.15) is 0 Å². The van der Waals surface area contributed by atoms with Gasteiger partial charge in [-0.15, -0.1) is 0 Å². The standard InChI is InChI=1S/C12H16ClN3O3S/c13-11-4-2-10(3-5-11)12(17)15-6-1-7-16(9-8-15)20(14,18)19/h2-5H,1,6-9H2,(H2,14,18,19). The average Bonchev–Trinajstić information content (AvgIpc) is 2.64. The Hall–Kier alpha value is -1.15. The Bertz CT molecular complexity index is 588. The third-order valence-corrected chi connectivity index (χ3v) is 4.53. The number of carbonyl (C=O) groups excluding carboxylic acids is 1. The maximum Gasteiger partial charge on any atom is 0.276 e. The number of carbonyl (C=O) groups is 1. The van der Waals surface area contributed by atoms with Gasteiger partial charge in [0.25, 0.3) is 16.1 Å². The third kappa shape index (κ3) is 3.69. The van der Waals surface area contributed by atoms with Crippen LogP contribution in [0.5, 0.6) is 0 Å². The number of hydrogen-bond acceptors (Lipinski definition) is 3. The van der Waals surface area contributed by atoms with Crippen molar-refractivity contribution in [1.29, 1.82) is 0 Å². The molecule has 2 rings (SSSR count). The summed E-state index contributed by atoms with van der Waals surface area (Å²) in [4.78, 5) is 13.9. The maximum atomic E-state index is 12.3. The van der Waals surface area contributed by atoms with E-state index in [1.54, 1.807) is 29.2 Å². The Morgan fingerprint density at radius 3 is 2.35 bits per heavy atom. The lowest BCUT2D eigenvalue weighted by molar-refractivity contribution is 0.0764. The largest absolute Gasteiger partial charge is 0.337 e. The van der Waals surface area contributed by atoms with Gasteiger partial charge in [0, 0.05) is 36.8 Å². The summed E-state index contributed by atoms with van der Waals surface area (Å²) in [6, 6.07) is 6.63. The van der Waals surface area contributed by atoms with Gasteiger partial charge in [-0.3, -0.25) is 4.79 Å². The molecule has 1 aromatic carbocycles. The summed E-state index contributed by atoms with van der Waals surface area (Å²) in [5.41, 5.74) is 0.540. The molecule has 1 aliphatic rings. The molecule has 1 aliphatic heterocycles. The van der Waals surface area contributed by atoms with Crippen molar-refractivity contribution in [2.24, 2.45) is 5.14 Å². The van der Waals surface area contributed by atoms with E-state index in [1.165, 1.54) is 4.31 Å². The highest BCUT2D eigenvalue weighted by Gasteiger charge is 2.24. The summed E-state index contributed by atoms with van der Waals surface area (Å²) in [7, 11) is -3.69. The Labute approximate surface area is 123 Å². The van der Waals surface area contributed by atoms with E-state index in [2.05, 4.69) is 0 Å². The first-order valence-electron chi connectivity index (χ1n) is 6.20. The first-order chi connectivity index (χ1) is 9.38. The molecule has 0 saturated carbocycles. The van der Waals surface area contributed by atoms with Gasteiger partial charge >= 0.3 is 0 Å². The van der Waals surface area contributed by atoms with E-state index in [0.717, 1.165) is 0 Å². The second-order valence-electron chi connectivity index (χ2n) is 4.60. The van der Waals surface area contributed by atoms with Crippen molar-refractivity contribution in [1.82, 2.24) is 9.21 Å². The molecule has 0 unspecified atom stereocenters. The Balaban J connectivity index is 2.07. The fourth-order valence-electron chi connectivity index (χ4n) is 2.13. The highest BCUT2D eigenvalue weighted by atomic mass is 35.5. The predicted molar refractivity (Wildman–Crippen MR) is 76.7 cm³/mol. The van der Waals surface area contributed by atoms with Crippen molar-refractivity contribution in [2.45, 2.75) is 6.42 Å². The molecular formula is C12H16ClN3O3S. The first-order valence-corrected chi connectivity index (χ1v) is 8.09. The highest BCUT2D eigenvalue weighted by molar-refractivity contribution is 7.86. The fraction of sp³-hybridized carbons (Fsp3) is 0.417. The van der Waals surface area contributed by atoms with Gasteiger partial charge in [0.2, 0.25) is 0 Å². The van der Waals surface area contributed by atoms with Gasteiger partial charge in [-0.1, -0.05) is 11.6 Å². The predicted octanol–water partition coefficient (Wildman–Crippen LogP) is 0.691. The van der Waals surface area contributed by atoms with Crippen LogP contribution in [0.1, 0.15) is 16.8 Å². The van der Waals surface area contributed by atoms with Gasteiger partial charge < -0.3 is 4.90 Å². The van der Waals surface area contributed by atoms with E-state index in [0.29, 0.717) is 36.6 Å². The molecular weight excluding hydrogens is 302 g/mol. The van der Waals surface area contributed by atoms with Crippen LogP contribution in [0.25, 0.3) is 0 Å². The zero-order chi connectivity index (χ0) is 14.8. The lowest BCUT2D eigenvalue weighted by Gasteiger charge is -2.21. The van der Waals surface area contributed by atoms with Crippen molar-refractivity contribution in [3.63, 3.8) is 0 Å². The van der Waals surface area contributed by atoms with Crippen LogP contribution in [0, 0.1) is 0 Å². The second-order valence-corrected chi connectivity index (χ2v) is 6.58. The lowest BCUT2D eigenvalue weighted by Crippen LogP contribution is -2.40. The maximum absolute atomic E-state index is 12.3. The smallest absolute Gasteiger partial charge is 0.276 e. The van der Waals surface area contributed by atoms with Crippen molar-refractivity contribution < 1.29 is 13.2 Å². The lowest BCUT2D eigenvalue weighted by atomic mass is 10.2. The van der Waals surface area contributed by atoms with Crippen molar-refractivity contribution in [3.8, 4) is 0 Å². The minimum absolute atomic E-state index is 0.127. The molecule has 0 bridgehead atoms. The second kappa shape index (κ2) is 6.09. The molecule has 0 atom stereocenters. The summed E-state index contributed by atoms with van der Waals surface area (Å²) in [6.07, 6.45) is 0.565. The van der Waals surface area contributed by atoms with Gasteiger partial charge in [0.05, 0.1) is 0 Å². The number of nitrogens with zero attached hydrogens (tertiary/aromatic N) is 2. The number of benzene rings is 1. The van der Waals surface area contributed by atoms with Crippen LogP contribution in [0.2, 0.25) is 5.02 Å².